The summed E-state index contributed by atoms with van der Waals surface area (Å²) in [6, 6.07) is 9.94. The quantitative estimate of drug-likeness (QED) is 0.743. The number of carbonyl (C=O) groups is 2. The second-order valence-electron chi connectivity index (χ2n) is 4.28. The molecule has 4 nitrogen and oxygen atoms in total. The van der Waals surface area contributed by atoms with E-state index in [-0.39, 0.29) is 18.2 Å². The van der Waals surface area contributed by atoms with Crippen LogP contribution in [0.1, 0.15) is 24.8 Å². The van der Waals surface area contributed by atoms with E-state index in [2.05, 4.69) is 10.6 Å². The fraction of sp³-hybridized carbons (Fsp3) is 0.385. The summed E-state index contributed by atoms with van der Waals surface area (Å²) in [5, 5.41) is 5.51. The topological polar surface area (TPSA) is 58.2 Å². The molecule has 0 aliphatic heterocycles. The van der Waals surface area contributed by atoms with E-state index in [1.807, 2.05) is 30.3 Å². The van der Waals surface area contributed by atoms with Gasteiger partial charge in [0.1, 0.15) is 6.42 Å². The fourth-order valence-electron chi connectivity index (χ4n) is 1.51. The molecule has 2 N–H and O–H groups in total. The van der Waals surface area contributed by atoms with Crippen molar-refractivity contribution in [2.75, 3.05) is 0 Å². The molecule has 1 aromatic carbocycles. The molecule has 90 valence electrons. The van der Waals surface area contributed by atoms with Gasteiger partial charge in [0.15, 0.2) is 0 Å². The number of rotatable bonds is 5. The molecule has 0 heterocycles. The molecule has 2 rings (SSSR count). The van der Waals surface area contributed by atoms with Gasteiger partial charge in [0.25, 0.3) is 0 Å². The Balaban J connectivity index is 1.68. The minimum Gasteiger partial charge on any atom is -0.353 e. The number of nitrogens with one attached hydrogen (secondary N) is 2. The third-order valence-corrected chi connectivity index (χ3v) is 2.60. The number of amides is 2. The largest absolute Gasteiger partial charge is 0.353 e. The van der Waals surface area contributed by atoms with Crippen LogP contribution in [0.15, 0.2) is 30.3 Å². The standard InChI is InChI=1S/C13H16N2O2/c16-12(8-13(17)15-11-6-7-11)14-9-10-4-2-1-3-5-10/h1-5,11H,6-9H2,(H,14,16)(H,15,17). The first kappa shape index (κ1) is 11.6. The maximum atomic E-state index is 11.5. The van der Waals surface area contributed by atoms with Crippen molar-refractivity contribution >= 4 is 11.8 Å². The van der Waals surface area contributed by atoms with E-state index in [1.165, 1.54) is 0 Å². The van der Waals surface area contributed by atoms with Crippen molar-refractivity contribution in [3.63, 3.8) is 0 Å². The van der Waals surface area contributed by atoms with Crippen LogP contribution in [0.5, 0.6) is 0 Å². The van der Waals surface area contributed by atoms with Crippen molar-refractivity contribution in [3.05, 3.63) is 35.9 Å². The molecule has 1 aromatic rings. The lowest BCUT2D eigenvalue weighted by Gasteiger charge is -2.05. The number of hydrogen-bond acceptors (Lipinski definition) is 2. The second kappa shape index (κ2) is 5.48. The predicted octanol–water partition coefficient (Wildman–Crippen LogP) is 0.971. The van der Waals surface area contributed by atoms with E-state index in [0.29, 0.717) is 12.6 Å². The van der Waals surface area contributed by atoms with Gasteiger partial charge < -0.3 is 10.6 Å². The zero-order valence-electron chi connectivity index (χ0n) is 9.61. The first-order chi connectivity index (χ1) is 8.24. The van der Waals surface area contributed by atoms with Gasteiger partial charge >= 0.3 is 0 Å². The molecule has 0 bridgehead atoms. The lowest BCUT2D eigenvalue weighted by atomic mass is 10.2. The summed E-state index contributed by atoms with van der Waals surface area (Å²) in [4.78, 5) is 22.8. The number of carbonyl (C=O) groups excluding carboxylic acids is 2. The van der Waals surface area contributed by atoms with E-state index in [9.17, 15) is 9.59 Å². The monoisotopic (exact) mass is 232 g/mol. The summed E-state index contributed by atoms with van der Waals surface area (Å²) < 4.78 is 0. The molecule has 17 heavy (non-hydrogen) atoms. The van der Waals surface area contributed by atoms with Crippen LogP contribution in [-0.4, -0.2) is 17.9 Å². The van der Waals surface area contributed by atoms with Gasteiger partial charge in [-0.15, -0.1) is 0 Å². The summed E-state index contributed by atoms with van der Waals surface area (Å²) in [7, 11) is 0. The first-order valence-electron chi connectivity index (χ1n) is 5.84. The highest BCUT2D eigenvalue weighted by Gasteiger charge is 2.23. The molecular weight excluding hydrogens is 216 g/mol. The molecule has 0 saturated heterocycles. The van der Waals surface area contributed by atoms with Gasteiger partial charge in [0.05, 0.1) is 0 Å². The van der Waals surface area contributed by atoms with Gasteiger partial charge in [0.2, 0.25) is 11.8 Å². The van der Waals surface area contributed by atoms with E-state index in [1.54, 1.807) is 0 Å². The van der Waals surface area contributed by atoms with Crippen LogP contribution >= 0.6 is 0 Å². The van der Waals surface area contributed by atoms with Crippen LogP contribution < -0.4 is 10.6 Å². The zero-order chi connectivity index (χ0) is 12.1. The average molecular weight is 232 g/mol. The lowest BCUT2D eigenvalue weighted by Crippen LogP contribution is -2.32. The molecule has 1 saturated carbocycles. The minimum absolute atomic E-state index is 0.0800. The third kappa shape index (κ3) is 4.26. The highest BCUT2D eigenvalue weighted by molar-refractivity contribution is 5.97. The summed E-state index contributed by atoms with van der Waals surface area (Å²) in [6.07, 6.45) is 2.00. The van der Waals surface area contributed by atoms with E-state index in [4.69, 9.17) is 0 Å². The van der Waals surface area contributed by atoms with Gasteiger partial charge in [-0.1, -0.05) is 30.3 Å². The second-order valence-corrected chi connectivity index (χ2v) is 4.28. The van der Waals surface area contributed by atoms with E-state index >= 15 is 0 Å². The Hall–Kier alpha value is -1.84. The molecule has 1 aliphatic carbocycles. The summed E-state index contributed by atoms with van der Waals surface area (Å²) >= 11 is 0. The fourth-order valence-corrected chi connectivity index (χ4v) is 1.51. The van der Waals surface area contributed by atoms with Crippen LogP contribution in [0.25, 0.3) is 0 Å². The van der Waals surface area contributed by atoms with Crippen LogP contribution in [-0.2, 0) is 16.1 Å². The van der Waals surface area contributed by atoms with Crippen LogP contribution in [0.3, 0.4) is 0 Å². The SMILES string of the molecule is O=C(CC(=O)NC1CC1)NCc1ccccc1. The van der Waals surface area contributed by atoms with Gasteiger partial charge in [-0.3, -0.25) is 9.59 Å². The van der Waals surface area contributed by atoms with Crippen LogP contribution in [0.2, 0.25) is 0 Å². The van der Waals surface area contributed by atoms with Gasteiger partial charge in [-0.2, -0.15) is 0 Å². The van der Waals surface area contributed by atoms with E-state index in [0.717, 1.165) is 18.4 Å². The first-order valence-corrected chi connectivity index (χ1v) is 5.84. The van der Waals surface area contributed by atoms with Crippen molar-refractivity contribution in [1.82, 2.24) is 10.6 Å². The van der Waals surface area contributed by atoms with Crippen molar-refractivity contribution in [2.45, 2.75) is 31.8 Å². The van der Waals surface area contributed by atoms with E-state index < -0.39 is 0 Å². The Kier molecular flexibility index (Phi) is 3.75. The van der Waals surface area contributed by atoms with Crippen LogP contribution in [0, 0.1) is 0 Å². The molecule has 0 radical (unpaired) electrons. The molecular formula is C13H16N2O2. The Morgan fingerprint density at radius 2 is 1.82 bits per heavy atom. The third-order valence-electron chi connectivity index (χ3n) is 2.60. The predicted molar refractivity (Wildman–Crippen MR) is 64.1 cm³/mol. The molecule has 4 heteroatoms. The molecule has 1 fully saturated rings. The molecule has 1 aliphatic rings. The Bertz CT molecular complexity index is 399. The normalized spacial score (nSPS) is 14.1. The Labute approximate surface area is 100 Å². The van der Waals surface area contributed by atoms with Crippen LogP contribution in [0.4, 0.5) is 0 Å². The number of benzene rings is 1. The van der Waals surface area contributed by atoms with Gasteiger partial charge in [-0.25, -0.2) is 0 Å². The average Bonchev–Trinajstić information content (AvgIpc) is 3.11. The summed E-state index contributed by atoms with van der Waals surface area (Å²) in [5.74, 6) is -0.412. The molecule has 0 aromatic heterocycles. The molecule has 0 spiro atoms. The van der Waals surface area contributed by atoms with Crippen molar-refractivity contribution in [1.29, 1.82) is 0 Å². The molecule has 2 amide bonds. The number of hydrogen-bond donors (Lipinski definition) is 2. The smallest absolute Gasteiger partial charge is 0.229 e. The Morgan fingerprint density at radius 1 is 1.12 bits per heavy atom. The van der Waals surface area contributed by atoms with Crippen molar-refractivity contribution in [3.8, 4) is 0 Å². The Morgan fingerprint density at radius 3 is 2.47 bits per heavy atom. The summed E-state index contributed by atoms with van der Waals surface area (Å²) in [6.45, 7) is 0.469. The summed E-state index contributed by atoms with van der Waals surface area (Å²) in [5.41, 5.74) is 1.03. The minimum atomic E-state index is -0.230. The maximum Gasteiger partial charge on any atom is 0.229 e. The van der Waals surface area contributed by atoms with Crippen molar-refractivity contribution in [2.24, 2.45) is 0 Å². The van der Waals surface area contributed by atoms with Gasteiger partial charge in [-0.05, 0) is 18.4 Å². The molecule has 0 unspecified atom stereocenters. The van der Waals surface area contributed by atoms with Gasteiger partial charge in [0, 0.05) is 12.6 Å². The lowest BCUT2D eigenvalue weighted by molar-refractivity contribution is -0.129. The zero-order valence-corrected chi connectivity index (χ0v) is 9.61. The van der Waals surface area contributed by atoms with Crippen molar-refractivity contribution < 1.29 is 9.59 Å². The maximum absolute atomic E-state index is 11.5. The highest BCUT2D eigenvalue weighted by Crippen LogP contribution is 2.18. The highest BCUT2D eigenvalue weighted by atomic mass is 16.2. The molecule has 0 atom stereocenters.